The first-order valence-corrected chi connectivity index (χ1v) is 12.1. The number of methoxy groups -OCH3 is 1. The number of nitrogens with one attached hydrogen (secondary N) is 1. The Morgan fingerprint density at radius 1 is 1.06 bits per heavy atom. The van der Waals surface area contributed by atoms with E-state index in [-0.39, 0.29) is 5.92 Å². The Hall–Kier alpha value is -3.62. The van der Waals surface area contributed by atoms with Crippen LogP contribution in [0, 0.1) is 5.92 Å². The first-order valence-electron chi connectivity index (χ1n) is 12.1. The number of piperidine rings is 2. The Morgan fingerprint density at radius 3 is 2.68 bits per heavy atom. The lowest BCUT2D eigenvalue weighted by atomic mass is 9.88. The Balaban J connectivity index is 1.06. The standard InChI is InChI=1S/C25H29N7O2/c1-34-19-2-3-22-20(14-19)21(15-26-22)17-6-12-31(13-7-17)25(33)18-8-10-30(11-9-18)24-5-4-23-28-27-16-32(23)29-24/h2-5,14-18,26H,6-13H2,1H3. The predicted molar refractivity (Wildman–Crippen MR) is 129 cm³/mol. The van der Waals surface area contributed by atoms with Crippen LogP contribution in [0.15, 0.2) is 42.9 Å². The molecule has 2 aliphatic rings. The van der Waals surface area contributed by atoms with E-state index in [4.69, 9.17) is 4.74 Å². The van der Waals surface area contributed by atoms with Crippen LogP contribution in [0.25, 0.3) is 16.6 Å². The lowest BCUT2D eigenvalue weighted by Gasteiger charge is -2.37. The van der Waals surface area contributed by atoms with Crippen molar-refractivity contribution in [3.05, 3.63) is 48.4 Å². The number of hydrogen-bond acceptors (Lipinski definition) is 6. The Morgan fingerprint density at radius 2 is 1.88 bits per heavy atom. The zero-order chi connectivity index (χ0) is 23.1. The van der Waals surface area contributed by atoms with Crippen LogP contribution in [-0.2, 0) is 4.79 Å². The minimum Gasteiger partial charge on any atom is -0.497 e. The van der Waals surface area contributed by atoms with E-state index in [1.807, 2.05) is 18.2 Å². The molecule has 3 aromatic heterocycles. The molecule has 2 saturated heterocycles. The summed E-state index contributed by atoms with van der Waals surface area (Å²) in [7, 11) is 1.70. The van der Waals surface area contributed by atoms with E-state index in [2.05, 4.69) is 48.4 Å². The first-order chi connectivity index (χ1) is 16.7. The fourth-order valence-electron chi connectivity index (χ4n) is 5.50. The molecule has 176 valence electrons. The number of ether oxygens (including phenoxy) is 1. The van der Waals surface area contributed by atoms with Gasteiger partial charge in [-0.05, 0) is 67.5 Å². The van der Waals surface area contributed by atoms with Gasteiger partial charge in [0.1, 0.15) is 17.9 Å². The molecule has 9 heteroatoms. The molecule has 9 nitrogen and oxygen atoms in total. The first kappa shape index (κ1) is 20.9. The van der Waals surface area contributed by atoms with Gasteiger partial charge in [-0.3, -0.25) is 4.79 Å². The fourth-order valence-corrected chi connectivity index (χ4v) is 5.50. The monoisotopic (exact) mass is 459 g/mol. The number of fused-ring (bicyclic) bond motifs is 2. The van der Waals surface area contributed by atoms with Crippen LogP contribution in [0.5, 0.6) is 5.75 Å². The second kappa shape index (κ2) is 8.62. The Bertz CT molecular complexity index is 1310. The molecule has 6 rings (SSSR count). The van der Waals surface area contributed by atoms with Crippen LogP contribution in [-0.4, -0.2) is 68.9 Å². The Kier molecular flexibility index (Phi) is 5.31. The number of benzene rings is 1. The number of carbonyl (C=O) groups excluding carboxylic acids is 1. The quantitative estimate of drug-likeness (QED) is 0.504. The number of likely N-dealkylation sites (tertiary alicyclic amines) is 1. The van der Waals surface area contributed by atoms with Gasteiger partial charge in [0.05, 0.1) is 7.11 Å². The third kappa shape index (κ3) is 3.74. The molecular weight excluding hydrogens is 430 g/mol. The van der Waals surface area contributed by atoms with Gasteiger partial charge in [0, 0.05) is 49.2 Å². The molecule has 4 aromatic rings. The molecule has 2 fully saturated rings. The molecule has 0 bridgehead atoms. The van der Waals surface area contributed by atoms with E-state index in [0.29, 0.717) is 11.8 Å². The number of amides is 1. The van der Waals surface area contributed by atoms with Crippen molar-refractivity contribution in [1.82, 2.24) is 29.7 Å². The van der Waals surface area contributed by atoms with Gasteiger partial charge < -0.3 is 19.5 Å². The molecule has 0 aliphatic carbocycles. The highest BCUT2D eigenvalue weighted by Gasteiger charge is 2.32. The van der Waals surface area contributed by atoms with Gasteiger partial charge in [-0.25, -0.2) is 0 Å². The van der Waals surface area contributed by atoms with E-state index >= 15 is 0 Å². The summed E-state index contributed by atoms with van der Waals surface area (Å²) in [5, 5.41) is 13.7. The number of carbonyl (C=O) groups is 1. The number of aromatic nitrogens is 5. The maximum Gasteiger partial charge on any atom is 0.225 e. The van der Waals surface area contributed by atoms with Crippen molar-refractivity contribution in [1.29, 1.82) is 0 Å². The summed E-state index contributed by atoms with van der Waals surface area (Å²) in [4.78, 5) is 21.0. The van der Waals surface area contributed by atoms with Crippen molar-refractivity contribution < 1.29 is 9.53 Å². The summed E-state index contributed by atoms with van der Waals surface area (Å²) in [5.74, 6) is 2.67. The van der Waals surface area contributed by atoms with Crippen LogP contribution in [0.2, 0.25) is 0 Å². The van der Waals surface area contributed by atoms with E-state index in [1.165, 1.54) is 10.9 Å². The molecule has 0 radical (unpaired) electrons. The SMILES string of the molecule is COc1ccc2[nH]cc(C3CCN(C(=O)C4CCN(c5ccc6nncn6n5)CC4)CC3)c2c1. The maximum absolute atomic E-state index is 13.3. The highest BCUT2D eigenvalue weighted by Crippen LogP contribution is 2.35. The summed E-state index contributed by atoms with van der Waals surface area (Å²) < 4.78 is 7.11. The summed E-state index contributed by atoms with van der Waals surface area (Å²) >= 11 is 0. The maximum atomic E-state index is 13.3. The molecule has 34 heavy (non-hydrogen) atoms. The van der Waals surface area contributed by atoms with E-state index in [1.54, 1.807) is 18.0 Å². The van der Waals surface area contributed by atoms with Gasteiger partial charge in [-0.2, -0.15) is 4.52 Å². The van der Waals surface area contributed by atoms with Crippen molar-refractivity contribution in [3.63, 3.8) is 0 Å². The zero-order valence-corrected chi connectivity index (χ0v) is 19.4. The molecule has 0 unspecified atom stereocenters. The molecule has 0 atom stereocenters. The second-order valence-electron chi connectivity index (χ2n) is 9.34. The van der Waals surface area contributed by atoms with Crippen LogP contribution in [0.3, 0.4) is 0 Å². The molecule has 0 spiro atoms. The highest BCUT2D eigenvalue weighted by molar-refractivity contribution is 5.85. The molecule has 0 saturated carbocycles. The number of nitrogens with zero attached hydrogens (tertiary/aromatic N) is 6. The minimum atomic E-state index is 0.101. The summed E-state index contributed by atoms with van der Waals surface area (Å²) in [5.41, 5.74) is 3.22. The van der Waals surface area contributed by atoms with Crippen molar-refractivity contribution in [2.24, 2.45) is 5.92 Å². The second-order valence-corrected chi connectivity index (χ2v) is 9.34. The number of aromatic amines is 1. The third-order valence-corrected chi connectivity index (χ3v) is 7.48. The highest BCUT2D eigenvalue weighted by atomic mass is 16.5. The predicted octanol–water partition coefficient (Wildman–Crippen LogP) is 3.24. The van der Waals surface area contributed by atoms with Crippen molar-refractivity contribution in [2.75, 3.05) is 38.2 Å². The number of rotatable bonds is 4. The van der Waals surface area contributed by atoms with E-state index in [0.717, 1.165) is 74.6 Å². The van der Waals surface area contributed by atoms with E-state index in [9.17, 15) is 4.79 Å². The number of hydrogen-bond donors (Lipinski definition) is 1. The smallest absolute Gasteiger partial charge is 0.225 e. The number of H-pyrrole nitrogens is 1. The summed E-state index contributed by atoms with van der Waals surface area (Å²) in [6.07, 6.45) is 7.47. The van der Waals surface area contributed by atoms with Crippen molar-refractivity contribution >= 4 is 28.3 Å². The molecule has 1 N–H and O–H groups in total. The number of anilines is 1. The van der Waals surface area contributed by atoms with Crippen LogP contribution in [0.1, 0.15) is 37.2 Å². The normalized spacial score (nSPS) is 18.1. The van der Waals surface area contributed by atoms with Gasteiger partial charge >= 0.3 is 0 Å². The van der Waals surface area contributed by atoms with Gasteiger partial charge in [0.15, 0.2) is 5.65 Å². The molecule has 2 aliphatic heterocycles. The fraction of sp³-hybridized carbons (Fsp3) is 0.440. The topological polar surface area (TPSA) is 91.6 Å². The zero-order valence-electron chi connectivity index (χ0n) is 19.4. The molecular formula is C25H29N7O2. The molecule has 1 aromatic carbocycles. The van der Waals surface area contributed by atoms with E-state index < -0.39 is 0 Å². The molecule has 5 heterocycles. The third-order valence-electron chi connectivity index (χ3n) is 7.48. The van der Waals surface area contributed by atoms with Crippen molar-refractivity contribution in [3.8, 4) is 5.75 Å². The largest absolute Gasteiger partial charge is 0.497 e. The minimum absolute atomic E-state index is 0.101. The summed E-state index contributed by atoms with van der Waals surface area (Å²) in [6, 6.07) is 10.1. The average molecular weight is 460 g/mol. The average Bonchev–Trinajstić information content (AvgIpc) is 3.54. The lowest BCUT2D eigenvalue weighted by molar-refractivity contribution is -0.137. The Labute approximate surface area is 197 Å². The molecule has 1 amide bonds. The van der Waals surface area contributed by atoms with Crippen LogP contribution >= 0.6 is 0 Å². The van der Waals surface area contributed by atoms with Gasteiger partial charge in [-0.15, -0.1) is 15.3 Å². The van der Waals surface area contributed by atoms with Crippen molar-refractivity contribution in [2.45, 2.75) is 31.6 Å². The lowest BCUT2D eigenvalue weighted by Crippen LogP contribution is -2.45. The summed E-state index contributed by atoms with van der Waals surface area (Å²) in [6.45, 7) is 3.33. The van der Waals surface area contributed by atoms with Crippen LogP contribution in [0.4, 0.5) is 5.82 Å². The van der Waals surface area contributed by atoms with Gasteiger partial charge in [-0.1, -0.05) is 0 Å². The van der Waals surface area contributed by atoms with Crippen LogP contribution < -0.4 is 9.64 Å². The van der Waals surface area contributed by atoms with Gasteiger partial charge in [0.2, 0.25) is 5.91 Å². The van der Waals surface area contributed by atoms with Gasteiger partial charge in [0.25, 0.3) is 0 Å².